The van der Waals surface area contributed by atoms with Crippen LogP contribution in [0.25, 0.3) is 16.5 Å². The minimum absolute atomic E-state index is 0.151. The lowest BCUT2D eigenvalue weighted by Crippen LogP contribution is -2.17. The summed E-state index contributed by atoms with van der Waals surface area (Å²) in [5.41, 5.74) is 2.16. The molecule has 5 nitrogen and oxygen atoms in total. The number of rotatable bonds is 1. The second-order valence-electron chi connectivity index (χ2n) is 5.78. The molecule has 1 aliphatic carbocycles. The number of aromatic nitrogens is 1. The summed E-state index contributed by atoms with van der Waals surface area (Å²) >= 11 is 0. The van der Waals surface area contributed by atoms with Crippen molar-refractivity contribution < 1.29 is 19.8 Å². The van der Waals surface area contributed by atoms with Gasteiger partial charge in [0, 0.05) is 27.7 Å². The second kappa shape index (κ2) is 4.83. The van der Waals surface area contributed by atoms with Crippen LogP contribution in [0.1, 0.15) is 32.0 Å². The van der Waals surface area contributed by atoms with Gasteiger partial charge in [-0.25, -0.2) is 0 Å². The number of hydrogen-bond donors (Lipinski definition) is 3. The number of allylic oxidation sites excluding steroid dienone is 2. The highest BCUT2D eigenvalue weighted by Gasteiger charge is 2.33. The molecule has 1 aromatic heterocycles. The van der Waals surface area contributed by atoms with E-state index in [4.69, 9.17) is 0 Å². The zero-order valence-electron chi connectivity index (χ0n) is 12.8. The molecule has 0 aliphatic heterocycles. The maximum absolute atomic E-state index is 12.9. The molecule has 0 amide bonds. The first kappa shape index (κ1) is 14.3. The summed E-state index contributed by atoms with van der Waals surface area (Å²) in [5.74, 6) is -1.61. The van der Waals surface area contributed by atoms with E-state index < -0.39 is 11.6 Å². The van der Waals surface area contributed by atoms with Crippen molar-refractivity contribution in [2.24, 2.45) is 0 Å². The molecule has 5 heteroatoms. The molecule has 0 saturated heterocycles. The van der Waals surface area contributed by atoms with Crippen LogP contribution in [0.15, 0.2) is 42.5 Å². The standard InChI is InChI=1S/C19H13NO4/c1-9-16(10-4-2-3-5-12(10)20-9)11-8-15(23)17-13(21)6-7-14(22)18(17)19(11)24/h2-8,20-22H,1H3. The minimum atomic E-state index is -0.502. The molecule has 3 N–H and O–H groups in total. The summed E-state index contributed by atoms with van der Waals surface area (Å²) in [6, 6.07) is 9.90. The molecule has 0 bridgehead atoms. The Morgan fingerprint density at radius 2 is 1.54 bits per heavy atom. The largest absolute Gasteiger partial charge is 0.507 e. The Hall–Kier alpha value is -3.34. The Labute approximate surface area is 136 Å². The second-order valence-corrected chi connectivity index (χ2v) is 5.78. The van der Waals surface area contributed by atoms with Gasteiger partial charge in [-0.2, -0.15) is 0 Å². The van der Waals surface area contributed by atoms with Gasteiger partial charge < -0.3 is 15.2 Å². The van der Waals surface area contributed by atoms with E-state index in [1.165, 1.54) is 18.2 Å². The number of benzene rings is 2. The van der Waals surface area contributed by atoms with E-state index in [1.54, 1.807) is 0 Å². The molecule has 1 heterocycles. The fraction of sp³-hybridized carbons (Fsp3) is 0.0526. The quantitative estimate of drug-likeness (QED) is 0.600. The molecule has 0 unspecified atom stereocenters. The van der Waals surface area contributed by atoms with Crippen molar-refractivity contribution in [2.75, 3.05) is 0 Å². The molecule has 24 heavy (non-hydrogen) atoms. The Balaban J connectivity index is 2.01. The van der Waals surface area contributed by atoms with E-state index in [1.807, 2.05) is 31.2 Å². The van der Waals surface area contributed by atoms with Crippen molar-refractivity contribution >= 4 is 28.0 Å². The van der Waals surface area contributed by atoms with Crippen LogP contribution in [-0.2, 0) is 0 Å². The Morgan fingerprint density at radius 3 is 2.29 bits per heavy atom. The maximum atomic E-state index is 12.9. The van der Waals surface area contributed by atoms with Gasteiger partial charge in [0.15, 0.2) is 11.6 Å². The predicted octanol–water partition coefficient (Wildman–Crippen LogP) is 3.35. The number of para-hydroxylation sites is 1. The molecule has 0 radical (unpaired) electrons. The number of nitrogens with one attached hydrogen (secondary N) is 1. The van der Waals surface area contributed by atoms with Gasteiger partial charge in [0.2, 0.25) is 0 Å². The summed E-state index contributed by atoms with van der Waals surface area (Å²) in [5, 5.41) is 20.8. The van der Waals surface area contributed by atoms with Crippen molar-refractivity contribution in [1.29, 1.82) is 0 Å². The van der Waals surface area contributed by atoms with Gasteiger partial charge >= 0.3 is 0 Å². The molecular formula is C19H13NO4. The number of aromatic amines is 1. The highest BCUT2D eigenvalue weighted by Crippen LogP contribution is 2.39. The number of carbonyl (C=O) groups excluding carboxylic acids is 2. The van der Waals surface area contributed by atoms with Gasteiger partial charge in [0.1, 0.15) is 11.5 Å². The van der Waals surface area contributed by atoms with Crippen molar-refractivity contribution in [3.63, 3.8) is 0 Å². The fourth-order valence-electron chi connectivity index (χ4n) is 3.27. The van der Waals surface area contributed by atoms with Gasteiger partial charge in [-0.1, -0.05) is 18.2 Å². The minimum Gasteiger partial charge on any atom is -0.507 e. The molecule has 118 valence electrons. The number of aromatic hydroxyl groups is 2. The van der Waals surface area contributed by atoms with Gasteiger partial charge in [0.05, 0.1) is 11.1 Å². The normalized spacial score (nSPS) is 14.0. The number of ketones is 2. The summed E-state index contributed by atoms with van der Waals surface area (Å²) in [6.07, 6.45) is 1.23. The van der Waals surface area contributed by atoms with Crippen LogP contribution < -0.4 is 0 Å². The number of fused-ring (bicyclic) bond motifs is 2. The number of phenols is 2. The van der Waals surface area contributed by atoms with Crippen LogP contribution in [0.3, 0.4) is 0 Å². The molecule has 0 spiro atoms. The first-order valence-electron chi connectivity index (χ1n) is 7.42. The Morgan fingerprint density at radius 1 is 0.875 bits per heavy atom. The van der Waals surface area contributed by atoms with Crippen molar-refractivity contribution in [2.45, 2.75) is 6.92 Å². The molecule has 2 aromatic carbocycles. The van der Waals surface area contributed by atoms with E-state index in [9.17, 15) is 19.8 Å². The number of aryl methyl sites for hydroxylation is 1. The molecule has 0 fully saturated rings. The highest BCUT2D eigenvalue weighted by atomic mass is 16.3. The van der Waals surface area contributed by atoms with E-state index in [0.717, 1.165) is 16.6 Å². The monoisotopic (exact) mass is 319 g/mol. The molecule has 3 aromatic rings. The van der Waals surface area contributed by atoms with Crippen LogP contribution in [0.2, 0.25) is 0 Å². The summed E-state index contributed by atoms with van der Waals surface area (Å²) in [4.78, 5) is 28.6. The average Bonchev–Trinajstić information content (AvgIpc) is 2.89. The summed E-state index contributed by atoms with van der Waals surface area (Å²) < 4.78 is 0. The van der Waals surface area contributed by atoms with E-state index in [2.05, 4.69) is 4.98 Å². The van der Waals surface area contributed by atoms with Crippen LogP contribution in [0, 0.1) is 6.92 Å². The third-order valence-electron chi connectivity index (χ3n) is 4.32. The fourth-order valence-corrected chi connectivity index (χ4v) is 3.27. The summed E-state index contributed by atoms with van der Waals surface area (Å²) in [7, 11) is 0. The lowest BCUT2D eigenvalue weighted by atomic mass is 9.84. The Bertz CT molecular complexity index is 1070. The lowest BCUT2D eigenvalue weighted by Gasteiger charge is -2.17. The van der Waals surface area contributed by atoms with Gasteiger partial charge in [0.25, 0.3) is 0 Å². The van der Waals surface area contributed by atoms with Gasteiger partial charge in [-0.15, -0.1) is 0 Å². The molecule has 0 atom stereocenters. The highest BCUT2D eigenvalue weighted by molar-refractivity contribution is 6.41. The number of H-pyrrole nitrogens is 1. The third kappa shape index (κ3) is 1.81. The SMILES string of the molecule is Cc1[nH]c2ccccc2c1C1=CC(=O)c2c(O)ccc(O)c2C1=O. The maximum Gasteiger partial charge on any atom is 0.198 e. The first-order chi connectivity index (χ1) is 11.5. The van der Waals surface area contributed by atoms with Crippen molar-refractivity contribution in [1.82, 2.24) is 4.98 Å². The third-order valence-corrected chi connectivity index (χ3v) is 4.32. The van der Waals surface area contributed by atoms with Gasteiger partial charge in [-0.05, 0) is 31.2 Å². The number of carbonyl (C=O) groups is 2. The number of Topliss-reactive ketones (excluding diaryl/α,β-unsaturated/α-hetero) is 1. The number of phenolic OH excluding ortho intramolecular Hbond substituents is 2. The summed E-state index contributed by atoms with van der Waals surface area (Å²) in [6.45, 7) is 1.83. The lowest BCUT2D eigenvalue weighted by molar-refractivity contribution is 0.0996. The smallest absolute Gasteiger partial charge is 0.198 e. The van der Waals surface area contributed by atoms with E-state index >= 15 is 0 Å². The van der Waals surface area contributed by atoms with E-state index in [-0.39, 0.29) is 28.2 Å². The van der Waals surface area contributed by atoms with Crippen LogP contribution >= 0.6 is 0 Å². The van der Waals surface area contributed by atoms with Crippen LogP contribution in [-0.4, -0.2) is 26.8 Å². The van der Waals surface area contributed by atoms with Crippen LogP contribution in [0.4, 0.5) is 0 Å². The average molecular weight is 319 g/mol. The van der Waals surface area contributed by atoms with Gasteiger partial charge in [-0.3, -0.25) is 9.59 Å². The van der Waals surface area contributed by atoms with Crippen molar-refractivity contribution in [3.8, 4) is 11.5 Å². The zero-order valence-corrected chi connectivity index (χ0v) is 12.8. The predicted molar refractivity (Wildman–Crippen MR) is 89.4 cm³/mol. The van der Waals surface area contributed by atoms with E-state index in [0.29, 0.717) is 5.56 Å². The molecule has 4 rings (SSSR count). The molecule has 1 aliphatic rings. The molecule has 0 saturated carbocycles. The topological polar surface area (TPSA) is 90.4 Å². The van der Waals surface area contributed by atoms with Crippen molar-refractivity contribution in [3.05, 3.63) is 64.9 Å². The Kier molecular flexibility index (Phi) is 2.87. The molecular weight excluding hydrogens is 306 g/mol. The first-order valence-corrected chi connectivity index (χ1v) is 7.42. The van der Waals surface area contributed by atoms with Crippen LogP contribution in [0.5, 0.6) is 11.5 Å². The number of hydrogen-bond acceptors (Lipinski definition) is 4. The zero-order chi connectivity index (χ0) is 17.0.